The van der Waals surface area contributed by atoms with Crippen LogP contribution in [0.3, 0.4) is 0 Å². The van der Waals surface area contributed by atoms with E-state index in [0.717, 1.165) is 11.8 Å². The summed E-state index contributed by atoms with van der Waals surface area (Å²) in [5.74, 6) is 1.57. The molecule has 0 amide bonds. The Bertz CT molecular complexity index is 486. The zero-order valence-corrected chi connectivity index (χ0v) is 22.5. The molecule has 0 bridgehead atoms. The van der Waals surface area contributed by atoms with Gasteiger partial charge in [-0.15, -0.1) is 34.0 Å². The van der Waals surface area contributed by atoms with Crippen molar-refractivity contribution in [2.24, 2.45) is 11.8 Å². The average Bonchev–Trinajstić information content (AvgIpc) is 2.88. The Labute approximate surface area is 175 Å². The van der Waals surface area contributed by atoms with Crippen molar-refractivity contribution in [3.8, 4) is 0 Å². The Morgan fingerprint density at radius 2 is 1.13 bits per heavy atom. The van der Waals surface area contributed by atoms with Crippen LogP contribution < -0.4 is 0 Å². The van der Waals surface area contributed by atoms with Gasteiger partial charge in [-0.25, -0.2) is 0 Å². The molecule has 0 nitrogen and oxygen atoms in total. The average molecular weight is 611 g/mol. The van der Waals surface area contributed by atoms with E-state index in [1.807, 2.05) is 6.66 Å². The number of rotatable bonds is 6. The van der Waals surface area contributed by atoms with E-state index in [-0.39, 0.29) is 34.0 Å². The standard InChI is InChI=1S/2C10H15.2BrH.Hf/c2*1-8(2)7-10-6-4-5-9(10)3;;;/h2*5,8H,4,7H2,1-3H3;2*1H;. The molecule has 0 N–H and O–H groups in total. The van der Waals surface area contributed by atoms with Gasteiger partial charge in [0.25, 0.3) is 0 Å². The minimum atomic E-state index is -0.801. The summed E-state index contributed by atoms with van der Waals surface area (Å²) in [6, 6.07) is 0. The van der Waals surface area contributed by atoms with Gasteiger partial charge in [-0.3, -0.25) is 0 Å². The molecule has 0 aromatic rings. The van der Waals surface area contributed by atoms with Crippen molar-refractivity contribution >= 4 is 34.0 Å². The molecule has 3 heteroatoms. The second-order valence-corrected chi connectivity index (χ2v) is 12.7. The molecule has 0 fully saturated rings. The Morgan fingerprint density at radius 3 is 1.43 bits per heavy atom. The molecule has 0 saturated heterocycles. The van der Waals surface area contributed by atoms with E-state index in [2.05, 4.69) is 53.7 Å². The zero-order valence-electron chi connectivity index (χ0n) is 15.5. The van der Waals surface area contributed by atoms with Crippen LogP contribution in [-0.2, 0) is 22.9 Å². The predicted octanol–water partition coefficient (Wildman–Crippen LogP) is 7.53. The van der Waals surface area contributed by atoms with Crippen molar-refractivity contribution in [2.75, 3.05) is 0 Å². The van der Waals surface area contributed by atoms with Crippen LogP contribution in [0.4, 0.5) is 0 Å². The van der Waals surface area contributed by atoms with Gasteiger partial charge in [-0.05, 0) is 0 Å². The maximum atomic E-state index is 2.48. The van der Waals surface area contributed by atoms with Crippen molar-refractivity contribution in [3.63, 3.8) is 0 Å². The fraction of sp³-hybridized carbons (Fsp3) is 0.600. The van der Waals surface area contributed by atoms with Crippen molar-refractivity contribution < 1.29 is 22.9 Å². The molecule has 0 spiro atoms. The van der Waals surface area contributed by atoms with Gasteiger partial charge >= 0.3 is 143 Å². The first-order valence-corrected chi connectivity index (χ1v) is 12.0. The Morgan fingerprint density at radius 1 is 0.783 bits per heavy atom. The van der Waals surface area contributed by atoms with Crippen molar-refractivity contribution in [2.45, 2.75) is 67.2 Å². The molecule has 0 aliphatic heterocycles. The van der Waals surface area contributed by atoms with Crippen LogP contribution in [0.1, 0.15) is 67.2 Å². The van der Waals surface area contributed by atoms with E-state index >= 15 is 0 Å². The molecule has 0 aromatic carbocycles. The first kappa shape index (κ1) is 23.8. The molecule has 0 aromatic heterocycles. The quantitative estimate of drug-likeness (QED) is 0.273. The van der Waals surface area contributed by atoms with E-state index in [0.29, 0.717) is 0 Å². The monoisotopic (exact) mass is 610 g/mol. The third kappa shape index (κ3) is 6.55. The van der Waals surface area contributed by atoms with E-state index in [1.165, 1.54) is 25.7 Å². The molecule has 23 heavy (non-hydrogen) atoms. The van der Waals surface area contributed by atoms with Crippen LogP contribution in [0.15, 0.2) is 41.1 Å². The summed E-state index contributed by atoms with van der Waals surface area (Å²) in [6.07, 6.45) is 10.1. The summed E-state index contributed by atoms with van der Waals surface area (Å²) in [5.41, 5.74) is 6.66. The summed E-state index contributed by atoms with van der Waals surface area (Å²) >= 11 is -0.801. The minimum absolute atomic E-state index is 0. The van der Waals surface area contributed by atoms with Gasteiger partial charge in [0.1, 0.15) is 0 Å². The van der Waals surface area contributed by atoms with Crippen molar-refractivity contribution in [1.29, 1.82) is 0 Å². The SMILES string of the molecule is Br.Br.CC1=CC[C]([Hf][C]2=C(CC(C)C)C(C)=CC2)=C1CC(C)C. The molecule has 0 heterocycles. The Balaban J connectivity index is 0.00000242. The number of hydrogen-bond acceptors (Lipinski definition) is 0. The maximum absolute atomic E-state index is 2.48. The van der Waals surface area contributed by atoms with Crippen LogP contribution in [0.25, 0.3) is 0 Å². The number of halogens is 2. The third-order valence-electron chi connectivity index (χ3n) is 4.43. The van der Waals surface area contributed by atoms with Gasteiger partial charge in [0.05, 0.1) is 0 Å². The molecule has 0 unspecified atom stereocenters. The van der Waals surface area contributed by atoms with Crippen LogP contribution >= 0.6 is 34.0 Å². The van der Waals surface area contributed by atoms with Crippen LogP contribution in [-0.4, -0.2) is 0 Å². The van der Waals surface area contributed by atoms with Crippen LogP contribution in [0.5, 0.6) is 0 Å². The molecule has 2 rings (SSSR count). The molecule has 2 aliphatic carbocycles. The van der Waals surface area contributed by atoms with Crippen LogP contribution in [0.2, 0.25) is 0 Å². The molecular formula is C20H32Br2Hf. The molecule has 0 radical (unpaired) electrons. The van der Waals surface area contributed by atoms with E-state index in [9.17, 15) is 0 Å². The van der Waals surface area contributed by atoms with Gasteiger partial charge < -0.3 is 0 Å². The molecule has 130 valence electrons. The fourth-order valence-electron chi connectivity index (χ4n) is 3.30. The molecule has 2 aliphatic rings. The summed E-state index contributed by atoms with van der Waals surface area (Å²) in [6.45, 7) is 14.1. The van der Waals surface area contributed by atoms with Crippen LogP contribution in [0, 0.1) is 11.8 Å². The van der Waals surface area contributed by atoms with Gasteiger partial charge in [-0.2, -0.15) is 0 Å². The van der Waals surface area contributed by atoms with E-state index in [1.54, 1.807) is 22.3 Å². The molecule has 0 atom stereocenters. The second kappa shape index (κ2) is 10.7. The number of hydrogen-bond donors (Lipinski definition) is 0. The van der Waals surface area contributed by atoms with Crippen molar-refractivity contribution in [3.05, 3.63) is 41.1 Å². The van der Waals surface area contributed by atoms with Gasteiger partial charge in [0.2, 0.25) is 0 Å². The third-order valence-corrected chi connectivity index (χ3v) is 10.2. The summed E-state index contributed by atoms with van der Waals surface area (Å²) in [7, 11) is 0. The normalized spacial score (nSPS) is 17.4. The fourth-order valence-corrected chi connectivity index (χ4v) is 9.31. The summed E-state index contributed by atoms with van der Waals surface area (Å²) in [5, 5.41) is 0. The Kier molecular flexibility index (Phi) is 11.1. The predicted molar refractivity (Wildman–Crippen MR) is 110 cm³/mol. The number of allylic oxidation sites excluding steroid dienone is 8. The van der Waals surface area contributed by atoms with Gasteiger partial charge in [-0.1, -0.05) is 0 Å². The molecule has 0 saturated carbocycles. The summed E-state index contributed by atoms with van der Waals surface area (Å²) < 4.78 is 3.78. The second-order valence-electron chi connectivity index (χ2n) is 7.42. The van der Waals surface area contributed by atoms with Gasteiger partial charge in [0, 0.05) is 0 Å². The van der Waals surface area contributed by atoms with E-state index < -0.39 is 22.9 Å². The topological polar surface area (TPSA) is 0 Å². The first-order valence-electron chi connectivity index (χ1n) is 8.43. The summed E-state index contributed by atoms with van der Waals surface area (Å²) in [4.78, 5) is 0. The van der Waals surface area contributed by atoms with Crippen molar-refractivity contribution in [1.82, 2.24) is 0 Å². The zero-order chi connectivity index (χ0) is 15.6. The first-order chi connectivity index (χ1) is 9.88. The van der Waals surface area contributed by atoms with Gasteiger partial charge in [0.15, 0.2) is 0 Å². The van der Waals surface area contributed by atoms with E-state index in [4.69, 9.17) is 0 Å². The Hall–Kier alpha value is 0.790. The molecular weight excluding hydrogens is 579 g/mol.